The molecule has 0 aromatic rings. The normalized spacial score (nSPS) is 18.8. The highest BCUT2D eigenvalue weighted by Crippen LogP contribution is 2.29. The fourth-order valence-electron chi connectivity index (χ4n) is 2.77. The highest BCUT2D eigenvalue weighted by atomic mass is 32.2. The Morgan fingerprint density at radius 1 is 1.19 bits per heavy atom. The van der Waals surface area contributed by atoms with Gasteiger partial charge in [-0.05, 0) is 38.6 Å². The van der Waals surface area contributed by atoms with E-state index >= 15 is 0 Å². The third-order valence-corrected chi connectivity index (χ3v) is 7.54. The molecule has 1 N–H and O–H groups in total. The average Bonchev–Trinajstić information content (AvgIpc) is 2.50. The molecule has 0 aromatic carbocycles. The summed E-state index contributed by atoms with van der Waals surface area (Å²) in [4.78, 5) is 0. The van der Waals surface area contributed by atoms with E-state index in [1.807, 2.05) is 0 Å². The summed E-state index contributed by atoms with van der Waals surface area (Å²) in [6.45, 7) is 4.96. The zero-order valence-electron chi connectivity index (χ0n) is 13.8. The quantitative estimate of drug-likeness (QED) is 0.626. The van der Waals surface area contributed by atoms with Gasteiger partial charge in [0.1, 0.15) is 9.84 Å². The Bertz CT molecular complexity index is 351. The molecule has 5 heteroatoms. The minimum Gasteiger partial charge on any atom is -0.313 e. The van der Waals surface area contributed by atoms with Crippen LogP contribution < -0.4 is 5.32 Å². The second-order valence-electron chi connectivity index (χ2n) is 6.12. The van der Waals surface area contributed by atoms with Crippen molar-refractivity contribution in [3.63, 3.8) is 0 Å². The molecule has 0 saturated heterocycles. The van der Waals surface area contributed by atoms with Gasteiger partial charge in [0.25, 0.3) is 0 Å². The topological polar surface area (TPSA) is 46.2 Å². The molecule has 3 nitrogen and oxygen atoms in total. The predicted molar refractivity (Wildman–Crippen MR) is 95.0 cm³/mol. The molecule has 1 fully saturated rings. The van der Waals surface area contributed by atoms with E-state index in [0.717, 1.165) is 36.8 Å². The molecule has 0 amide bonds. The van der Waals surface area contributed by atoms with Crippen molar-refractivity contribution in [2.24, 2.45) is 0 Å². The molecule has 0 aliphatic heterocycles. The molecular formula is C16H33NO2S2. The third kappa shape index (κ3) is 9.09. The maximum atomic E-state index is 11.6. The monoisotopic (exact) mass is 335 g/mol. The molecule has 1 unspecified atom stereocenters. The molecule has 126 valence electrons. The maximum Gasteiger partial charge on any atom is 0.150 e. The lowest BCUT2D eigenvalue weighted by molar-refractivity contribution is 0.501. The summed E-state index contributed by atoms with van der Waals surface area (Å²) in [6, 6.07) is 0.476. The van der Waals surface area contributed by atoms with Gasteiger partial charge in [-0.1, -0.05) is 33.1 Å². The van der Waals surface area contributed by atoms with Gasteiger partial charge in [-0.15, -0.1) is 0 Å². The predicted octanol–water partition coefficient (Wildman–Crippen LogP) is 3.64. The summed E-state index contributed by atoms with van der Waals surface area (Å²) in [5.74, 6) is 1.76. The molecule has 1 saturated carbocycles. The summed E-state index contributed by atoms with van der Waals surface area (Å²) in [7, 11) is -2.81. The van der Waals surface area contributed by atoms with E-state index in [9.17, 15) is 8.42 Å². The van der Waals surface area contributed by atoms with Gasteiger partial charge in [-0.2, -0.15) is 11.8 Å². The lowest BCUT2D eigenvalue weighted by atomic mass is 10.0. The molecule has 1 aliphatic carbocycles. The van der Waals surface area contributed by atoms with Crippen molar-refractivity contribution in [3.8, 4) is 0 Å². The Morgan fingerprint density at radius 2 is 1.90 bits per heavy atom. The van der Waals surface area contributed by atoms with Crippen molar-refractivity contribution < 1.29 is 8.42 Å². The van der Waals surface area contributed by atoms with Crippen molar-refractivity contribution in [1.82, 2.24) is 5.32 Å². The Balaban J connectivity index is 2.28. The van der Waals surface area contributed by atoms with E-state index < -0.39 is 9.84 Å². The number of rotatable bonds is 11. The third-order valence-electron chi connectivity index (χ3n) is 4.22. The van der Waals surface area contributed by atoms with Crippen molar-refractivity contribution in [2.45, 2.75) is 76.5 Å². The van der Waals surface area contributed by atoms with Gasteiger partial charge in [0.15, 0.2) is 0 Å². The van der Waals surface area contributed by atoms with Crippen LogP contribution in [-0.2, 0) is 9.84 Å². The first-order valence-electron chi connectivity index (χ1n) is 8.62. The van der Waals surface area contributed by atoms with Gasteiger partial charge in [0.05, 0.1) is 5.75 Å². The number of thioether (sulfide) groups is 1. The zero-order chi connectivity index (χ0) is 15.6. The van der Waals surface area contributed by atoms with Crippen LogP contribution in [0, 0.1) is 0 Å². The van der Waals surface area contributed by atoms with Gasteiger partial charge in [0, 0.05) is 22.8 Å². The minimum absolute atomic E-state index is 0.275. The first-order valence-corrected chi connectivity index (χ1v) is 11.5. The van der Waals surface area contributed by atoms with Crippen LogP contribution in [0.25, 0.3) is 0 Å². The highest BCUT2D eigenvalue weighted by Gasteiger charge is 2.17. The lowest BCUT2D eigenvalue weighted by Crippen LogP contribution is -2.33. The maximum absolute atomic E-state index is 11.6. The number of hydrogen-bond acceptors (Lipinski definition) is 4. The number of sulfone groups is 1. The SMILES string of the molecule is CCCNC(CCCS(=O)(=O)CC)CSC1CCCCC1. The summed E-state index contributed by atoms with van der Waals surface area (Å²) in [5.41, 5.74) is 0. The van der Waals surface area contributed by atoms with Crippen molar-refractivity contribution >= 4 is 21.6 Å². The second kappa shape index (κ2) is 10.9. The highest BCUT2D eigenvalue weighted by molar-refractivity contribution is 7.99. The van der Waals surface area contributed by atoms with Crippen molar-refractivity contribution in [3.05, 3.63) is 0 Å². The fraction of sp³-hybridized carbons (Fsp3) is 1.00. The summed E-state index contributed by atoms with van der Waals surface area (Å²) in [6.07, 6.45) is 9.84. The largest absolute Gasteiger partial charge is 0.313 e. The Hall–Kier alpha value is 0.260. The van der Waals surface area contributed by atoms with Gasteiger partial charge < -0.3 is 5.32 Å². The summed E-state index contributed by atoms with van der Waals surface area (Å²) >= 11 is 2.11. The molecule has 0 heterocycles. The Labute approximate surface area is 136 Å². The van der Waals surface area contributed by atoms with Crippen LogP contribution in [-0.4, -0.2) is 43.5 Å². The molecule has 1 aliphatic rings. The van der Waals surface area contributed by atoms with Gasteiger partial charge in [0.2, 0.25) is 0 Å². The molecule has 1 atom stereocenters. The molecule has 0 bridgehead atoms. The first kappa shape index (κ1) is 19.3. The average molecular weight is 336 g/mol. The van der Waals surface area contributed by atoms with E-state index in [-0.39, 0.29) is 5.75 Å². The van der Waals surface area contributed by atoms with Gasteiger partial charge in [-0.3, -0.25) is 0 Å². The van der Waals surface area contributed by atoms with Crippen LogP contribution in [0.3, 0.4) is 0 Å². The van der Waals surface area contributed by atoms with Crippen LogP contribution in [0.4, 0.5) is 0 Å². The van der Waals surface area contributed by atoms with Crippen LogP contribution in [0.5, 0.6) is 0 Å². The minimum atomic E-state index is -2.81. The first-order chi connectivity index (χ1) is 10.1. The Morgan fingerprint density at radius 3 is 2.52 bits per heavy atom. The second-order valence-corrected chi connectivity index (χ2v) is 9.93. The number of hydrogen-bond donors (Lipinski definition) is 1. The number of nitrogens with one attached hydrogen (secondary N) is 1. The van der Waals surface area contributed by atoms with E-state index in [0.29, 0.717) is 11.8 Å². The molecular weight excluding hydrogens is 302 g/mol. The van der Waals surface area contributed by atoms with Crippen LogP contribution in [0.2, 0.25) is 0 Å². The molecule has 0 spiro atoms. The van der Waals surface area contributed by atoms with Crippen LogP contribution in [0.1, 0.15) is 65.2 Å². The zero-order valence-corrected chi connectivity index (χ0v) is 15.4. The molecule has 0 aromatic heterocycles. The van der Waals surface area contributed by atoms with Crippen molar-refractivity contribution in [2.75, 3.05) is 23.8 Å². The summed E-state index contributed by atoms with van der Waals surface area (Å²) < 4.78 is 23.1. The fourth-order valence-corrected chi connectivity index (χ4v) is 5.12. The van der Waals surface area contributed by atoms with Crippen LogP contribution >= 0.6 is 11.8 Å². The lowest BCUT2D eigenvalue weighted by Gasteiger charge is -2.24. The Kier molecular flexibility index (Phi) is 10.0. The van der Waals surface area contributed by atoms with E-state index in [1.54, 1.807) is 6.92 Å². The molecule has 1 rings (SSSR count). The standard InChI is InChI=1S/C16H33NO2S2/c1-3-12-17-15(9-8-13-21(18,19)4-2)14-20-16-10-6-5-7-11-16/h15-17H,3-14H2,1-2H3. The summed E-state index contributed by atoms with van der Waals surface area (Å²) in [5, 5.41) is 4.43. The van der Waals surface area contributed by atoms with Crippen LogP contribution in [0.15, 0.2) is 0 Å². The molecule has 21 heavy (non-hydrogen) atoms. The van der Waals surface area contributed by atoms with Gasteiger partial charge in [-0.25, -0.2) is 8.42 Å². The van der Waals surface area contributed by atoms with E-state index in [4.69, 9.17) is 0 Å². The molecule has 0 radical (unpaired) electrons. The van der Waals surface area contributed by atoms with E-state index in [1.165, 1.54) is 32.1 Å². The van der Waals surface area contributed by atoms with Crippen molar-refractivity contribution in [1.29, 1.82) is 0 Å². The smallest absolute Gasteiger partial charge is 0.150 e. The van der Waals surface area contributed by atoms with E-state index in [2.05, 4.69) is 24.0 Å². The van der Waals surface area contributed by atoms with Gasteiger partial charge >= 0.3 is 0 Å².